The second-order valence-electron chi connectivity index (χ2n) is 5.66. The van der Waals surface area contributed by atoms with E-state index < -0.39 is 20.8 Å². The van der Waals surface area contributed by atoms with Crippen LogP contribution in [0.4, 0.5) is 11.4 Å². The van der Waals surface area contributed by atoms with Crippen molar-refractivity contribution in [2.45, 2.75) is 18.7 Å². The zero-order valence-corrected chi connectivity index (χ0v) is 20.3. The average Bonchev–Trinajstić information content (AvgIpc) is 2.54. The number of fused-ring (bicyclic) bond motifs is 1. The number of azo groups is 1. The summed E-state index contributed by atoms with van der Waals surface area (Å²) in [6.07, 6.45) is 0. The number of nitrogens with zero attached hydrogens (tertiary/aromatic N) is 2. The molecule has 9 heteroatoms. The van der Waals surface area contributed by atoms with Crippen LogP contribution < -0.4 is 59.1 Å². The Kier molecular flexibility index (Phi) is 8.65. The van der Waals surface area contributed by atoms with E-state index in [4.69, 9.17) is 0 Å². The molecule has 6 nitrogen and oxygen atoms in total. The number of rotatable bonds is 3. The van der Waals surface area contributed by atoms with E-state index in [2.05, 4.69) is 16.3 Å². The van der Waals surface area contributed by atoms with Gasteiger partial charge in [0.05, 0.1) is 10.6 Å². The Morgan fingerprint density at radius 3 is 2.41 bits per heavy atom. The third-order valence-electron chi connectivity index (χ3n) is 3.77. The quantitative estimate of drug-likeness (QED) is 0.245. The van der Waals surface area contributed by atoms with Gasteiger partial charge in [-0.05, 0) is 25.5 Å². The summed E-state index contributed by atoms with van der Waals surface area (Å²) < 4.78 is 34.3. The van der Waals surface area contributed by atoms with Gasteiger partial charge in [-0.3, -0.25) is 0 Å². The second-order valence-corrected chi connectivity index (χ2v) is 7.01. The van der Waals surface area contributed by atoms with Gasteiger partial charge < -0.3 is 9.66 Å². The summed E-state index contributed by atoms with van der Waals surface area (Å²) in [6.45, 7) is 3.82. The molecule has 0 radical (unpaired) electrons. The van der Waals surface area contributed by atoms with Crippen molar-refractivity contribution in [3.8, 4) is 5.75 Å². The van der Waals surface area contributed by atoms with Crippen molar-refractivity contribution >= 4 is 32.3 Å². The van der Waals surface area contributed by atoms with E-state index >= 15 is 0 Å². The molecule has 0 heterocycles. The fraction of sp³-hybridized carbons (Fsp3) is 0.111. The number of hydrogen-bond donors (Lipinski definition) is 1. The Hall–Kier alpha value is -0.770. The van der Waals surface area contributed by atoms with Crippen LogP contribution in [0.1, 0.15) is 11.1 Å². The van der Waals surface area contributed by atoms with E-state index in [0.717, 1.165) is 17.2 Å². The monoisotopic (exact) mass is 400 g/mol. The number of phenolic OH excluding ortho intramolecular Hbond substituents is 1. The van der Waals surface area contributed by atoms with Crippen molar-refractivity contribution in [1.29, 1.82) is 0 Å². The second kappa shape index (κ2) is 9.62. The van der Waals surface area contributed by atoms with Gasteiger partial charge in [0.2, 0.25) is 0 Å². The molecule has 0 aliphatic rings. The van der Waals surface area contributed by atoms with E-state index in [1.165, 1.54) is 6.07 Å². The number of phenols is 1. The Morgan fingerprint density at radius 1 is 1.07 bits per heavy atom. The summed E-state index contributed by atoms with van der Waals surface area (Å²) >= 11 is 0. The molecule has 0 bridgehead atoms. The third-order valence-corrected chi connectivity index (χ3v) is 4.62. The van der Waals surface area contributed by atoms with Crippen LogP contribution >= 0.6 is 0 Å². The Bertz CT molecular complexity index is 1120. The maximum Gasteiger partial charge on any atom is 1.00 e. The fourth-order valence-corrected chi connectivity index (χ4v) is 3.15. The molecular weight excluding hydrogens is 386 g/mol. The molecule has 0 atom stereocenters. The summed E-state index contributed by atoms with van der Waals surface area (Å²) in [5.41, 5.74) is 2.46. The van der Waals surface area contributed by atoms with Crippen LogP contribution in [0.3, 0.4) is 0 Å². The topological polar surface area (TPSA) is 102 Å². The average molecular weight is 400 g/mol. The smallest absolute Gasteiger partial charge is 0.744 e. The molecule has 27 heavy (non-hydrogen) atoms. The minimum Gasteiger partial charge on any atom is -0.744 e. The Labute approximate surface area is 202 Å². The van der Waals surface area contributed by atoms with Gasteiger partial charge in [-0.25, -0.2) is 8.42 Å². The molecule has 0 aliphatic carbocycles. The SMILES string of the molecule is Cc1ccc(N=Nc2c(O)c(S(=O)(=O)[O-])cc3c[c-]ccc23)c(C)c1.[Na+].[Na+]. The van der Waals surface area contributed by atoms with E-state index in [9.17, 15) is 18.1 Å². The van der Waals surface area contributed by atoms with Gasteiger partial charge >= 0.3 is 59.1 Å². The number of benzene rings is 3. The van der Waals surface area contributed by atoms with Crippen LogP contribution in [0.2, 0.25) is 0 Å². The minimum absolute atomic E-state index is 0. The third kappa shape index (κ3) is 5.40. The Morgan fingerprint density at radius 2 is 1.78 bits per heavy atom. The van der Waals surface area contributed by atoms with Crippen molar-refractivity contribution in [1.82, 2.24) is 0 Å². The largest absolute Gasteiger partial charge is 1.00 e. The number of aryl methyl sites for hydroxylation is 2. The predicted octanol–water partition coefficient (Wildman–Crippen LogP) is -1.71. The van der Waals surface area contributed by atoms with E-state index in [1.54, 1.807) is 18.2 Å². The van der Waals surface area contributed by atoms with Gasteiger partial charge in [0, 0.05) is 0 Å². The maximum absolute atomic E-state index is 11.4. The van der Waals surface area contributed by atoms with Crippen LogP contribution in [0.25, 0.3) is 10.8 Å². The van der Waals surface area contributed by atoms with Crippen LogP contribution in [0.15, 0.2) is 57.6 Å². The van der Waals surface area contributed by atoms with Gasteiger partial charge in [-0.15, -0.1) is 10.5 Å². The molecule has 3 rings (SSSR count). The molecule has 0 aromatic heterocycles. The Balaban J connectivity index is 0.00000182. The first-order valence-corrected chi connectivity index (χ1v) is 8.79. The molecular formula is C18H14N2Na2O4S. The normalized spacial score (nSPS) is 11.2. The summed E-state index contributed by atoms with van der Waals surface area (Å²) in [4.78, 5) is -0.728. The zero-order valence-electron chi connectivity index (χ0n) is 15.5. The van der Waals surface area contributed by atoms with Gasteiger partial charge in [0.25, 0.3) is 0 Å². The van der Waals surface area contributed by atoms with Crippen molar-refractivity contribution in [3.05, 3.63) is 59.7 Å². The molecule has 3 aromatic carbocycles. The van der Waals surface area contributed by atoms with Gasteiger partial charge in [-0.1, -0.05) is 29.1 Å². The van der Waals surface area contributed by atoms with Crippen molar-refractivity contribution < 1.29 is 77.2 Å². The van der Waals surface area contributed by atoms with Crippen LogP contribution in [0.5, 0.6) is 5.75 Å². The molecule has 128 valence electrons. The molecule has 0 unspecified atom stereocenters. The minimum atomic E-state index is -4.86. The molecule has 0 saturated carbocycles. The summed E-state index contributed by atoms with van der Waals surface area (Å²) in [6, 6.07) is 14.2. The van der Waals surface area contributed by atoms with E-state index in [0.29, 0.717) is 16.5 Å². The van der Waals surface area contributed by atoms with E-state index in [-0.39, 0.29) is 64.8 Å². The molecule has 1 N–H and O–H groups in total. The van der Waals surface area contributed by atoms with Crippen LogP contribution in [-0.2, 0) is 10.1 Å². The van der Waals surface area contributed by atoms with Gasteiger partial charge in [0.1, 0.15) is 15.8 Å². The first kappa shape index (κ1) is 24.3. The fourth-order valence-electron chi connectivity index (χ4n) is 2.55. The van der Waals surface area contributed by atoms with Crippen molar-refractivity contribution in [3.63, 3.8) is 0 Å². The molecule has 0 saturated heterocycles. The molecule has 0 amide bonds. The predicted molar refractivity (Wildman–Crippen MR) is 92.5 cm³/mol. The molecule has 0 aliphatic heterocycles. The summed E-state index contributed by atoms with van der Waals surface area (Å²) in [5, 5.41) is 19.3. The maximum atomic E-state index is 11.4. The first-order valence-electron chi connectivity index (χ1n) is 7.38. The first-order chi connectivity index (χ1) is 11.8. The van der Waals surface area contributed by atoms with Gasteiger partial charge in [-0.2, -0.15) is 29.4 Å². The van der Waals surface area contributed by atoms with Crippen LogP contribution in [0, 0.1) is 19.9 Å². The number of hydrogen-bond acceptors (Lipinski definition) is 6. The standard InChI is InChI=1S/C18H15N2O4S.2Na/c1-11-7-8-15(12(2)9-11)19-20-17-14-6-4-3-5-13(14)10-16(18(17)21)25(22,23)24;;/h4-10,21H,1-2H3,(H,22,23,24);;/q-1;2*+1/p-1. The van der Waals surface area contributed by atoms with Crippen LogP contribution in [-0.4, -0.2) is 18.1 Å². The summed E-state index contributed by atoms with van der Waals surface area (Å²) in [5.74, 6) is -0.706. The number of aromatic hydroxyl groups is 1. The molecule has 0 spiro atoms. The van der Waals surface area contributed by atoms with Crippen molar-refractivity contribution in [2.24, 2.45) is 10.2 Å². The molecule has 3 aromatic rings. The zero-order chi connectivity index (χ0) is 18.2. The van der Waals surface area contributed by atoms with Crippen molar-refractivity contribution in [2.75, 3.05) is 0 Å². The van der Waals surface area contributed by atoms with E-state index in [1.807, 2.05) is 26.0 Å². The van der Waals surface area contributed by atoms with Gasteiger partial charge in [0.15, 0.2) is 5.75 Å². The summed E-state index contributed by atoms with van der Waals surface area (Å²) in [7, 11) is -4.86. The molecule has 0 fully saturated rings.